The Balaban J connectivity index is 2.39. The highest BCUT2D eigenvalue weighted by atomic mass is 79.9. The zero-order valence-corrected chi connectivity index (χ0v) is 13.1. The molecule has 0 aliphatic heterocycles. The Morgan fingerprint density at radius 1 is 1.50 bits per heavy atom. The molecule has 1 aromatic rings. The predicted octanol–water partition coefficient (Wildman–Crippen LogP) is 1.39. The van der Waals surface area contributed by atoms with E-state index in [1.54, 1.807) is 6.07 Å². The molecule has 0 aromatic carbocycles. The molecule has 0 fully saturated rings. The van der Waals surface area contributed by atoms with E-state index in [1.807, 2.05) is 6.92 Å². The van der Waals surface area contributed by atoms with Crippen LogP contribution in [-0.4, -0.2) is 48.1 Å². The molecule has 1 aromatic heterocycles. The van der Waals surface area contributed by atoms with Gasteiger partial charge in [0.25, 0.3) is 5.91 Å². The highest BCUT2D eigenvalue weighted by Gasteiger charge is 2.18. The zero-order valence-electron chi connectivity index (χ0n) is 11.6. The molecule has 112 valence electrons. The maximum Gasteiger partial charge on any atom is 0.289 e. The van der Waals surface area contributed by atoms with Crippen molar-refractivity contribution >= 4 is 27.7 Å². The van der Waals surface area contributed by atoms with Gasteiger partial charge in [-0.05, 0) is 34.5 Å². The molecule has 1 atom stereocenters. The highest BCUT2D eigenvalue weighted by molar-refractivity contribution is 9.10. The van der Waals surface area contributed by atoms with Gasteiger partial charge in [-0.2, -0.15) is 0 Å². The van der Waals surface area contributed by atoms with E-state index in [0.29, 0.717) is 11.1 Å². The van der Waals surface area contributed by atoms with E-state index < -0.39 is 6.10 Å². The molecule has 0 saturated carbocycles. The minimum atomic E-state index is -0.550. The van der Waals surface area contributed by atoms with Gasteiger partial charge in [0.15, 0.2) is 10.4 Å². The quantitative estimate of drug-likeness (QED) is 0.781. The molecule has 2 N–H and O–H groups in total. The molecule has 0 aliphatic rings. The average molecular weight is 347 g/mol. The second kappa shape index (κ2) is 8.06. The molecule has 0 spiro atoms. The summed E-state index contributed by atoms with van der Waals surface area (Å²) in [5.41, 5.74) is 0. The average Bonchev–Trinajstić information content (AvgIpc) is 2.82. The van der Waals surface area contributed by atoms with Gasteiger partial charge in [-0.15, -0.1) is 0 Å². The Bertz CT molecular complexity index is 461. The van der Waals surface area contributed by atoms with Gasteiger partial charge < -0.3 is 19.7 Å². The Kier molecular flexibility index (Phi) is 6.74. The maximum atomic E-state index is 11.9. The lowest BCUT2D eigenvalue weighted by molar-refractivity contribution is -0.122. The molecule has 0 radical (unpaired) electrons. The Morgan fingerprint density at radius 3 is 2.75 bits per heavy atom. The molecule has 0 saturated heterocycles. The molecule has 0 aliphatic carbocycles. The van der Waals surface area contributed by atoms with Crippen LogP contribution in [0.4, 0.5) is 0 Å². The van der Waals surface area contributed by atoms with Gasteiger partial charge in [0.1, 0.15) is 0 Å². The fourth-order valence-corrected chi connectivity index (χ4v) is 1.93. The molecule has 20 heavy (non-hydrogen) atoms. The third-order valence-corrected chi connectivity index (χ3v) is 3.09. The summed E-state index contributed by atoms with van der Waals surface area (Å²) in [4.78, 5) is 24.8. The van der Waals surface area contributed by atoms with Crippen LogP contribution in [0.1, 0.15) is 30.3 Å². The summed E-state index contributed by atoms with van der Waals surface area (Å²) < 4.78 is 5.59. The van der Waals surface area contributed by atoms with Gasteiger partial charge >= 0.3 is 0 Å². The van der Waals surface area contributed by atoms with Crippen LogP contribution in [0.2, 0.25) is 0 Å². The van der Waals surface area contributed by atoms with Crippen LogP contribution >= 0.6 is 15.9 Å². The van der Waals surface area contributed by atoms with Crippen molar-refractivity contribution in [3.63, 3.8) is 0 Å². The number of rotatable bonds is 7. The van der Waals surface area contributed by atoms with Gasteiger partial charge in [0.2, 0.25) is 5.91 Å². The minimum absolute atomic E-state index is 0.0873. The van der Waals surface area contributed by atoms with Gasteiger partial charge in [-0.1, -0.05) is 13.3 Å². The van der Waals surface area contributed by atoms with E-state index in [9.17, 15) is 14.7 Å². The summed E-state index contributed by atoms with van der Waals surface area (Å²) in [6.07, 6.45) is 0.934. The van der Waals surface area contributed by atoms with Gasteiger partial charge in [0.05, 0.1) is 12.6 Å². The van der Waals surface area contributed by atoms with Crippen LogP contribution in [0.5, 0.6) is 0 Å². The number of carbonyl (C=O) groups is 2. The SMILES string of the molecule is CCCC(O)CNC(=O)CN(C)C(=O)c1ccc(Br)o1. The number of hydrogen-bond donors (Lipinski definition) is 2. The first-order valence-electron chi connectivity index (χ1n) is 6.39. The summed E-state index contributed by atoms with van der Waals surface area (Å²) in [6, 6.07) is 3.15. The van der Waals surface area contributed by atoms with Crippen molar-refractivity contribution in [1.82, 2.24) is 10.2 Å². The van der Waals surface area contributed by atoms with Gasteiger partial charge in [0, 0.05) is 13.6 Å². The predicted molar refractivity (Wildman–Crippen MR) is 77.3 cm³/mol. The fraction of sp³-hybridized carbons (Fsp3) is 0.538. The molecule has 1 unspecified atom stereocenters. The van der Waals surface area contributed by atoms with Crippen molar-refractivity contribution in [3.05, 3.63) is 22.6 Å². The molecule has 7 heteroatoms. The Morgan fingerprint density at radius 2 is 2.20 bits per heavy atom. The zero-order chi connectivity index (χ0) is 15.1. The number of furan rings is 1. The molecule has 6 nitrogen and oxygen atoms in total. The van der Waals surface area contributed by atoms with E-state index in [4.69, 9.17) is 4.42 Å². The lowest BCUT2D eigenvalue weighted by Crippen LogP contribution is -2.40. The van der Waals surface area contributed by atoms with E-state index in [0.717, 1.165) is 6.42 Å². The third kappa shape index (κ3) is 5.34. The summed E-state index contributed by atoms with van der Waals surface area (Å²) in [7, 11) is 1.51. The van der Waals surface area contributed by atoms with Crippen LogP contribution in [0.15, 0.2) is 21.2 Å². The minimum Gasteiger partial charge on any atom is -0.444 e. The molecular weight excluding hydrogens is 328 g/mol. The van der Waals surface area contributed by atoms with E-state index >= 15 is 0 Å². The molecule has 1 rings (SSSR count). The largest absolute Gasteiger partial charge is 0.444 e. The standard InChI is InChI=1S/C13H19BrN2O4/c1-3-4-9(17)7-15-12(18)8-16(2)13(19)10-5-6-11(14)20-10/h5-6,9,17H,3-4,7-8H2,1-2H3,(H,15,18). The first kappa shape index (κ1) is 16.7. The summed E-state index contributed by atoms with van der Waals surface area (Å²) >= 11 is 3.11. The van der Waals surface area contributed by atoms with Gasteiger partial charge in [-0.3, -0.25) is 9.59 Å². The van der Waals surface area contributed by atoms with Crippen molar-refractivity contribution in [2.75, 3.05) is 20.1 Å². The molecular formula is C13H19BrN2O4. The number of nitrogens with zero attached hydrogens (tertiary/aromatic N) is 1. The highest BCUT2D eigenvalue weighted by Crippen LogP contribution is 2.15. The number of aliphatic hydroxyl groups excluding tert-OH is 1. The van der Waals surface area contributed by atoms with Crippen LogP contribution in [0.25, 0.3) is 0 Å². The second-order valence-corrected chi connectivity index (χ2v) is 5.29. The topological polar surface area (TPSA) is 82.8 Å². The summed E-state index contributed by atoms with van der Waals surface area (Å²) in [5.74, 6) is -0.528. The molecule has 2 amide bonds. The van der Waals surface area contributed by atoms with Crippen LogP contribution < -0.4 is 5.32 Å². The monoisotopic (exact) mass is 346 g/mol. The summed E-state index contributed by atoms with van der Waals surface area (Å²) in [5, 5.41) is 12.1. The van der Waals surface area contributed by atoms with Crippen LogP contribution in [0.3, 0.4) is 0 Å². The number of aliphatic hydroxyl groups is 1. The normalized spacial score (nSPS) is 12.0. The lowest BCUT2D eigenvalue weighted by Gasteiger charge is -2.16. The summed E-state index contributed by atoms with van der Waals surface area (Å²) in [6.45, 7) is 2.07. The number of likely N-dealkylation sites (N-methyl/N-ethyl adjacent to an activating group) is 1. The van der Waals surface area contributed by atoms with E-state index in [1.165, 1.54) is 18.0 Å². The number of amides is 2. The number of carbonyl (C=O) groups excluding carboxylic acids is 2. The van der Waals surface area contributed by atoms with Crippen molar-refractivity contribution in [3.8, 4) is 0 Å². The van der Waals surface area contributed by atoms with Crippen molar-refractivity contribution in [2.45, 2.75) is 25.9 Å². The van der Waals surface area contributed by atoms with Gasteiger partial charge in [-0.25, -0.2) is 0 Å². The number of halogens is 1. The van der Waals surface area contributed by atoms with Crippen LogP contribution in [-0.2, 0) is 4.79 Å². The first-order valence-corrected chi connectivity index (χ1v) is 7.19. The van der Waals surface area contributed by atoms with E-state index in [2.05, 4.69) is 21.2 Å². The molecule has 0 bridgehead atoms. The number of hydrogen-bond acceptors (Lipinski definition) is 4. The Hall–Kier alpha value is -1.34. The fourth-order valence-electron chi connectivity index (χ4n) is 1.63. The number of nitrogens with one attached hydrogen (secondary N) is 1. The maximum absolute atomic E-state index is 11.9. The van der Waals surface area contributed by atoms with E-state index in [-0.39, 0.29) is 30.7 Å². The lowest BCUT2D eigenvalue weighted by atomic mass is 10.2. The van der Waals surface area contributed by atoms with Crippen molar-refractivity contribution in [1.29, 1.82) is 0 Å². The Labute approximate surface area is 126 Å². The van der Waals surface area contributed by atoms with Crippen molar-refractivity contribution in [2.24, 2.45) is 0 Å². The third-order valence-electron chi connectivity index (χ3n) is 2.67. The van der Waals surface area contributed by atoms with Crippen LogP contribution in [0, 0.1) is 0 Å². The molecule has 1 heterocycles. The van der Waals surface area contributed by atoms with Crippen molar-refractivity contribution < 1.29 is 19.1 Å². The first-order chi connectivity index (χ1) is 9.43. The smallest absolute Gasteiger partial charge is 0.289 e. The second-order valence-electron chi connectivity index (χ2n) is 4.51.